The van der Waals surface area contributed by atoms with Gasteiger partial charge in [0.25, 0.3) is 0 Å². The molecule has 0 spiro atoms. The first-order chi connectivity index (χ1) is 7.86. The normalized spacial score (nSPS) is 20.9. The van der Waals surface area contributed by atoms with Crippen molar-refractivity contribution in [2.75, 3.05) is 19.6 Å². The molecule has 1 aromatic rings. The molecule has 2 heterocycles. The number of aromatic nitrogens is 1. The van der Waals surface area contributed by atoms with Crippen molar-refractivity contribution in [1.82, 2.24) is 15.6 Å². The first-order valence-electron chi connectivity index (χ1n) is 5.97. The highest BCUT2D eigenvalue weighted by Gasteiger charge is 2.12. The van der Waals surface area contributed by atoms with E-state index in [2.05, 4.69) is 15.6 Å². The second-order valence-corrected chi connectivity index (χ2v) is 4.28. The number of aromatic amines is 1. The molecule has 1 aliphatic rings. The Kier molecular flexibility index (Phi) is 4.13. The zero-order valence-corrected chi connectivity index (χ0v) is 9.46. The van der Waals surface area contributed by atoms with Crippen LogP contribution < -0.4 is 10.6 Å². The first kappa shape index (κ1) is 11.4. The van der Waals surface area contributed by atoms with Crippen molar-refractivity contribution < 1.29 is 4.79 Å². The summed E-state index contributed by atoms with van der Waals surface area (Å²) in [7, 11) is 0. The number of nitrogens with one attached hydrogen (secondary N) is 3. The summed E-state index contributed by atoms with van der Waals surface area (Å²) in [5.74, 6) is 0.126. The number of H-pyrrole nitrogens is 1. The number of hydrogen-bond acceptors (Lipinski definition) is 3. The molecule has 0 aromatic carbocycles. The van der Waals surface area contributed by atoms with E-state index in [0.29, 0.717) is 18.3 Å². The zero-order valence-electron chi connectivity index (χ0n) is 9.46. The van der Waals surface area contributed by atoms with Gasteiger partial charge in [-0.15, -0.1) is 0 Å². The highest BCUT2D eigenvalue weighted by molar-refractivity contribution is 5.95. The van der Waals surface area contributed by atoms with Gasteiger partial charge in [-0.2, -0.15) is 0 Å². The van der Waals surface area contributed by atoms with E-state index < -0.39 is 0 Å². The molecule has 0 unspecified atom stereocenters. The molecule has 1 aromatic heterocycles. The van der Waals surface area contributed by atoms with Crippen molar-refractivity contribution >= 4 is 5.78 Å². The van der Waals surface area contributed by atoms with Gasteiger partial charge in [-0.3, -0.25) is 4.79 Å². The SMILES string of the molecule is O=C(CNC[C@H]1CCCCN1)c1ccc[nH]1. The molecular formula is C12H19N3O. The summed E-state index contributed by atoms with van der Waals surface area (Å²) >= 11 is 0. The van der Waals surface area contributed by atoms with E-state index in [1.54, 1.807) is 6.20 Å². The minimum atomic E-state index is 0.126. The van der Waals surface area contributed by atoms with Crippen LogP contribution in [0.4, 0.5) is 0 Å². The highest BCUT2D eigenvalue weighted by Crippen LogP contribution is 2.05. The third kappa shape index (κ3) is 3.18. The maximum absolute atomic E-state index is 11.6. The lowest BCUT2D eigenvalue weighted by molar-refractivity contribution is 0.0986. The van der Waals surface area contributed by atoms with E-state index in [-0.39, 0.29) is 5.78 Å². The minimum absolute atomic E-state index is 0.126. The van der Waals surface area contributed by atoms with Crippen LogP contribution in [0.15, 0.2) is 18.3 Å². The number of carbonyl (C=O) groups is 1. The second-order valence-electron chi connectivity index (χ2n) is 4.28. The number of piperidine rings is 1. The predicted molar refractivity (Wildman–Crippen MR) is 63.6 cm³/mol. The van der Waals surface area contributed by atoms with Crippen LogP contribution in [0.25, 0.3) is 0 Å². The molecule has 1 aliphatic heterocycles. The standard InChI is InChI=1S/C12H19N3O/c16-12(11-5-3-7-15-11)9-13-8-10-4-1-2-6-14-10/h3,5,7,10,13-15H,1-2,4,6,8-9H2/t10-/m1/s1. The Bertz CT molecular complexity index is 315. The fourth-order valence-electron chi connectivity index (χ4n) is 2.06. The molecule has 1 atom stereocenters. The van der Waals surface area contributed by atoms with Crippen molar-refractivity contribution in [2.45, 2.75) is 25.3 Å². The number of Topliss-reactive ketones (excluding diaryl/α,β-unsaturated/α-hetero) is 1. The van der Waals surface area contributed by atoms with Crippen molar-refractivity contribution in [3.05, 3.63) is 24.0 Å². The van der Waals surface area contributed by atoms with Crippen LogP contribution in [-0.2, 0) is 0 Å². The van der Waals surface area contributed by atoms with E-state index in [9.17, 15) is 4.79 Å². The Morgan fingerprint density at radius 3 is 3.12 bits per heavy atom. The number of rotatable bonds is 5. The van der Waals surface area contributed by atoms with Crippen LogP contribution in [-0.4, -0.2) is 36.4 Å². The average molecular weight is 221 g/mol. The first-order valence-corrected chi connectivity index (χ1v) is 5.97. The van der Waals surface area contributed by atoms with Crippen molar-refractivity contribution in [3.8, 4) is 0 Å². The summed E-state index contributed by atoms with van der Waals surface area (Å²) in [6, 6.07) is 4.18. The number of ketones is 1. The van der Waals surface area contributed by atoms with Gasteiger partial charge in [0.15, 0.2) is 5.78 Å². The Morgan fingerprint density at radius 2 is 2.44 bits per heavy atom. The van der Waals surface area contributed by atoms with E-state index in [1.807, 2.05) is 12.1 Å². The Morgan fingerprint density at radius 1 is 1.50 bits per heavy atom. The van der Waals surface area contributed by atoms with E-state index in [0.717, 1.165) is 13.1 Å². The molecule has 1 fully saturated rings. The van der Waals surface area contributed by atoms with Crippen molar-refractivity contribution in [1.29, 1.82) is 0 Å². The molecule has 0 radical (unpaired) electrons. The molecule has 0 aliphatic carbocycles. The highest BCUT2D eigenvalue weighted by atomic mass is 16.1. The molecule has 16 heavy (non-hydrogen) atoms. The molecular weight excluding hydrogens is 202 g/mol. The molecule has 1 saturated heterocycles. The Balaban J connectivity index is 1.66. The van der Waals surface area contributed by atoms with Gasteiger partial charge in [0, 0.05) is 18.8 Å². The zero-order chi connectivity index (χ0) is 11.2. The fourth-order valence-corrected chi connectivity index (χ4v) is 2.06. The third-order valence-corrected chi connectivity index (χ3v) is 2.99. The van der Waals surface area contributed by atoms with Crippen LogP contribution in [0, 0.1) is 0 Å². The van der Waals surface area contributed by atoms with Gasteiger partial charge in [0.05, 0.1) is 12.2 Å². The largest absolute Gasteiger partial charge is 0.359 e. The third-order valence-electron chi connectivity index (χ3n) is 2.99. The number of hydrogen-bond donors (Lipinski definition) is 3. The summed E-state index contributed by atoms with van der Waals surface area (Å²) in [4.78, 5) is 14.6. The van der Waals surface area contributed by atoms with Gasteiger partial charge >= 0.3 is 0 Å². The Hall–Kier alpha value is -1.13. The topological polar surface area (TPSA) is 56.9 Å². The molecule has 2 rings (SSSR count). The van der Waals surface area contributed by atoms with Gasteiger partial charge in [0.2, 0.25) is 0 Å². The van der Waals surface area contributed by atoms with Crippen molar-refractivity contribution in [2.24, 2.45) is 0 Å². The van der Waals surface area contributed by atoms with E-state index in [1.165, 1.54) is 19.3 Å². The monoisotopic (exact) mass is 221 g/mol. The lowest BCUT2D eigenvalue weighted by Crippen LogP contribution is -2.42. The fraction of sp³-hybridized carbons (Fsp3) is 0.583. The predicted octanol–water partition coefficient (Wildman–Crippen LogP) is 0.929. The molecule has 88 valence electrons. The van der Waals surface area contributed by atoms with Gasteiger partial charge in [-0.05, 0) is 31.5 Å². The quantitative estimate of drug-likeness (QED) is 0.648. The Labute approximate surface area is 95.8 Å². The molecule has 4 heteroatoms. The molecule has 3 N–H and O–H groups in total. The lowest BCUT2D eigenvalue weighted by atomic mass is 10.1. The van der Waals surface area contributed by atoms with Crippen LogP contribution in [0.2, 0.25) is 0 Å². The number of carbonyl (C=O) groups excluding carboxylic acids is 1. The van der Waals surface area contributed by atoms with Crippen LogP contribution >= 0.6 is 0 Å². The summed E-state index contributed by atoms with van der Waals surface area (Å²) in [5, 5.41) is 6.66. The van der Waals surface area contributed by atoms with Gasteiger partial charge in [-0.25, -0.2) is 0 Å². The maximum Gasteiger partial charge on any atom is 0.192 e. The minimum Gasteiger partial charge on any atom is -0.359 e. The second kappa shape index (κ2) is 5.82. The maximum atomic E-state index is 11.6. The summed E-state index contributed by atoms with van der Waals surface area (Å²) in [6.45, 7) is 2.40. The average Bonchev–Trinajstić information content (AvgIpc) is 2.84. The van der Waals surface area contributed by atoms with E-state index >= 15 is 0 Å². The van der Waals surface area contributed by atoms with Crippen LogP contribution in [0.3, 0.4) is 0 Å². The molecule has 0 saturated carbocycles. The summed E-state index contributed by atoms with van der Waals surface area (Å²) in [6.07, 6.45) is 5.56. The summed E-state index contributed by atoms with van der Waals surface area (Å²) < 4.78 is 0. The van der Waals surface area contributed by atoms with Gasteiger partial charge in [-0.1, -0.05) is 6.42 Å². The van der Waals surface area contributed by atoms with Gasteiger partial charge in [0.1, 0.15) is 0 Å². The van der Waals surface area contributed by atoms with Crippen molar-refractivity contribution in [3.63, 3.8) is 0 Å². The smallest absolute Gasteiger partial charge is 0.192 e. The van der Waals surface area contributed by atoms with Gasteiger partial charge < -0.3 is 15.6 Å². The van der Waals surface area contributed by atoms with Crippen LogP contribution in [0.1, 0.15) is 29.8 Å². The van der Waals surface area contributed by atoms with Crippen LogP contribution in [0.5, 0.6) is 0 Å². The molecule has 0 amide bonds. The molecule has 4 nitrogen and oxygen atoms in total. The van der Waals surface area contributed by atoms with E-state index in [4.69, 9.17) is 0 Å². The molecule has 0 bridgehead atoms. The lowest BCUT2D eigenvalue weighted by Gasteiger charge is -2.23. The summed E-state index contributed by atoms with van der Waals surface area (Å²) in [5.41, 5.74) is 0.684.